The second-order valence-electron chi connectivity index (χ2n) is 6.70. The summed E-state index contributed by atoms with van der Waals surface area (Å²) in [5.74, 6) is 3.29. The highest BCUT2D eigenvalue weighted by Gasteiger charge is 2.44. The molecule has 0 spiro atoms. The van der Waals surface area contributed by atoms with Crippen LogP contribution in [0.3, 0.4) is 0 Å². The number of carbonyl (C=O) groups is 1. The van der Waals surface area contributed by atoms with Crippen molar-refractivity contribution in [3.05, 3.63) is 58.5 Å². The molecular weight excluding hydrogens is 302 g/mol. The third-order valence-corrected chi connectivity index (χ3v) is 5.06. The van der Waals surface area contributed by atoms with Crippen LogP contribution in [0, 0.1) is 13.8 Å². The maximum Gasteiger partial charge on any atom is 0.188 e. The average Bonchev–Trinajstić information content (AvgIpc) is 3.21. The Morgan fingerprint density at radius 1 is 0.917 bits per heavy atom. The van der Waals surface area contributed by atoms with Gasteiger partial charge in [-0.2, -0.15) is 0 Å². The van der Waals surface area contributed by atoms with Crippen molar-refractivity contribution < 1.29 is 13.6 Å². The summed E-state index contributed by atoms with van der Waals surface area (Å²) in [5, 5.41) is 0. The van der Waals surface area contributed by atoms with Crippen LogP contribution in [-0.4, -0.2) is 29.8 Å². The molecule has 4 nitrogen and oxygen atoms in total. The van der Waals surface area contributed by atoms with Crippen molar-refractivity contribution in [2.24, 2.45) is 0 Å². The summed E-state index contributed by atoms with van der Waals surface area (Å²) in [4.78, 5) is 15.4. The summed E-state index contributed by atoms with van der Waals surface area (Å²) in [7, 11) is 2.09. The highest BCUT2D eigenvalue weighted by Crippen LogP contribution is 2.40. The van der Waals surface area contributed by atoms with Gasteiger partial charge in [0.15, 0.2) is 5.78 Å². The van der Waals surface area contributed by atoms with Crippen LogP contribution in [-0.2, 0) is 4.79 Å². The van der Waals surface area contributed by atoms with E-state index in [1.54, 1.807) is 0 Å². The molecule has 0 aromatic carbocycles. The lowest BCUT2D eigenvalue weighted by molar-refractivity contribution is -0.114. The summed E-state index contributed by atoms with van der Waals surface area (Å²) in [5.41, 5.74) is 1.63. The Morgan fingerprint density at radius 2 is 1.38 bits per heavy atom. The lowest BCUT2D eigenvalue weighted by atomic mass is 9.90. The van der Waals surface area contributed by atoms with Crippen LogP contribution < -0.4 is 0 Å². The normalized spacial score (nSPS) is 27.5. The predicted octanol–water partition coefficient (Wildman–Crippen LogP) is 4.00. The van der Waals surface area contributed by atoms with Crippen LogP contribution in [0.15, 0.2) is 44.2 Å². The number of fused-ring (bicyclic) bond motifs is 2. The van der Waals surface area contributed by atoms with E-state index in [4.69, 9.17) is 8.83 Å². The maximum atomic E-state index is 13.1. The van der Waals surface area contributed by atoms with Gasteiger partial charge < -0.3 is 8.83 Å². The van der Waals surface area contributed by atoms with Gasteiger partial charge in [-0.05, 0) is 70.2 Å². The zero-order valence-corrected chi connectivity index (χ0v) is 14.2. The molecule has 24 heavy (non-hydrogen) atoms. The van der Waals surface area contributed by atoms with Crippen LogP contribution >= 0.6 is 0 Å². The largest absolute Gasteiger partial charge is 0.462 e. The lowest BCUT2D eigenvalue weighted by Gasteiger charge is -2.34. The Morgan fingerprint density at radius 3 is 1.75 bits per heavy atom. The van der Waals surface area contributed by atoms with Gasteiger partial charge in [-0.3, -0.25) is 9.69 Å². The molecule has 2 fully saturated rings. The summed E-state index contributed by atoms with van der Waals surface area (Å²) < 4.78 is 11.3. The summed E-state index contributed by atoms with van der Waals surface area (Å²) in [6, 6.07) is 8.00. The van der Waals surface area contributed by atoms with Gasteiger partial charge in [0.2, 0.25) is 0 Å². The fourth-order valence-electron chi connectivity index (χ4n) is 3.85. The SMILES string of the molecule is Cc1ccc(C=C2C(=O)C(=Cc3ccc(C)o3)C3CCC2N3C)o1. The molecule has 0 N–H and O–H groups in total. The third kappa shape index (κ3) is 2.47. The van der Waals surface area contributed by atoms with Gasteiger partial charge in [0.25, 0.3) is 0 Å². The molecular formula is C20H21NO3. The minimum atomic E-state index is 0.115. The molecule has 2 saturated heterocycles. The first-order valence-electron chi connectivity index (χ1n) is 8.35. The van der Waals surface area contributed by atoms with Crippen LogP contribution in [0.1, 0.15) is 35.9 Å². The molecule has 124 valence electrons. The first-order chi connectivity index (χ1) is 11.5. The van der Waals surface area contributed by atoms with Gasteiger partial charge >= 0.3 is 0 Å². The van der Waals surface area contributed by atoms with E-state index in [1.165, 1.54) is 0 Å². The lowest BCUT2D eigenvalue weighted by Crippen LogP contribution is -2.43. The van der Waals surface area contributed by atoms with Gasteiger partial charge in [0, 0.05) is 23.2 Å². The Balaban J connectivity index is 1.77. The number of carbonyl (C=O) groups excluding carboxylic acids is 1. The topological polar surface area (TPSA) is 46.6 Å². The monoisotopic (exact) mass is 323 g/mol. The number of rotatable bonds is 2. The van der Waals surface area contributed by atoms with Gasteiger partial charge in [-0.15, -0.1) is 0 Å². The van der Waals surface area contributed by atoms with Crippen LogP contribution in [0.5, 0.6) is 0 Å². The molecule has 0 radical (unpaired) electrons. The summed E-state index contributed by atoms with van der Waals surface area (Å²) in [6.07, 6.45) is 5.79. The Hall–Kier alpha value is -2.33. The van der Waals surface area contributed by atoms with Gasteiger partial charge in [-0.25, -0.2) is 0 Å². The van der Waals surface area contributed by atoms with Crippen LogP contribution in [0.25, 0.3) is 12.2 Å². The number of ketones is 1. The molecule has 2 unspecified atom stereocenters. The van der Waals surface area contributed by atoms with E-state index < -0.39 is 0 Å². The van der Waals surface area contributed by atoms with Crippen molar-refractivity contribution >= 4 is 17.9 Å². The molecule has 2 atom stereocenters. The van der Waals surface area contributed by atoms with Crippen molar-refractivity contribution in [2.45, 2.75) is 38.8 Å². The number of hydrogen-bond acceptors (Lipinski definition) is 4. The quantitative estimate of drug-likeness (QED) is 0.784. The number of nitrogens with zero attached hydrogens (tertiary/aromatic N) is 1. The first kappa shape index (κ1) is 15.2. The maximum absolute atomic E-state index is 13.1. The van der Waals surface area contributed by atoms with Crippen molar-refractivity contribution in [3.8, 4) is 0 Å². The zero-order valence-electron chi connectivity index (χ0n) is 14.2. The van der Waals surface area contributed by atoms with E-state index in [-0.39, 0.29) is 17.9 Å². The number of piperidine rings is 1. The minimum Gasteiger partial charge on any atom is -0.462 e. The van der Waals surface area contributed by atoms with Crippen molar-refractivity contribution in [1.82, 2.24) is 4.90 Å². The molecule has 4 heterocycles. The van der Waals surface area contributed by atoms with Gasteiger partial charge in [0.05, 0.1) is 0 Å². The summed E-state index contributed by atoms with van der Waals surface area (Å²) in [6.45, 7) is 3.82. The predicted molar refractivity (Wildman–Crippen MR) is 92.4 cm³/mol. The molecule has 0 saturated carbocycles. The van der Waals surface area contributed by atoms with E-state index >= 15 is 0 Å². The Kier molecular flexibility index (Phi) is 3.57. The standard InChI is InChI=1S/C20H21NO3/c1-12-4-6-14(23-12)10-16-18-8-9-19(21(18)3)17(20(16)22)11-15-7-5-13(2)24-15/h4-7,10-11,18-19H,8-9H2,1-3H3. The van der Waals surface area contributed by atoms with Crippen molar-refractivity contribution in [1.29, 1.82) is 0 Å². The molecule has 0 aliphatic carbocycles. The average molecular weight is 323 g/mol. The number of aryl methyl sites for hydroxylation is 2. The van der Waals surface area contributed by atoms with Crippen molar-refractivity contribution in [3.63, 3.8) is 0 Å². The fraction of sp³-hybridized carbons (Fsp3) is 0.350. The van der Waals surface area contributed by atoms with Gasteiger partial charge in [-0.1, -0.05) is 0 Å². The zero-order chi connectivity index (χ0) is 16.8. The molecule has 0 amide bonds. The molecule has 2 aliphatic heterocycles. The smallest absolute Gasteiger partial charge is 0.188 e. The fourth-order valence-corrected chi connectivity index (χ4v) is 3.85. The van der Waals surface area contributed by atoms with Crippen LogP contribution in [0.2, 0.25) is 0 Å². The van der Waals surface area contributed by atoms with Crippen LogP contribution in [0.4, 0.5) is 0 Å². The molecule has 2 aromatic heterocycles. The van der Waals surface area contributed by atoms with E-state index in [0.717, 1.165) is 47.0 Å². The number of likely N-dealkylation sites (N-methyl/N-ethyl adjacent to an activating group) is 1. The molecule has 2 aliphatic rings. The summed E-state index contributed by atoms with van der Waals surface area (Å²) >= 11 is 0. The van der Waals surface area contributed by atoms with Gasteiger partial charge in [0.1, 0.15) is 23.0 Å². The highest BCUT2D eigenvalue weighted by atomic mass is 16.3. The van der Waals surface area contributed by atoms with E-state index in [1.807, 2.05) is 50.3 Å². The second kappa shape index (κ2) is 5.64. The second-order valence-corrected chi connectivity index (χ2v) is 6.70. The van der Waals surface area contributed by atoms with E-state index in [2.05, 4.69) is 11.9 Å². The van der Waals surface area contributed by atoms with E-state index in [0.29, 0.717) is 0 Å². The Bertz CT molecular complexity index is 784. The molecule has 4 heteroatoms. The minimum absolute atomic E-state index is 0.115. The molecule has 2 bridgehead atoms. The molecule has 4 rings (SSSR count). The third-order valence-electron chi connectivity index (χ3n) is 5.06. The Labute approximate surface area is 141 Å². The highest BCUT2D eigenvalue weighted by molar-refractivity contribution is 6.15. The number of hydrogen-bond donors (Lipinski definition) is 0. The number of Topliss-reactive ketones (excluding diaryl/α,β-unsaturated/α-hetero) is 1. The van der Waals surface area contributed by atoms with Crippen molar-refractivity contribution in [2.75, 3.05) is 7.05 Å². The first-order valence-corrected chi connectivity index (χ1v) is 8.35. The number of furan rings is 2. The molecule has 2 aromatic rings. The van der Waals surface area contributed by atoms with E-state index in [9.17, 15) is 4.79 Å².